The van der Waals surface area contributed by atoms with Gasteiger partial charge in [0, 0.05) is 13.1 Å². The van der Waals surface area contributed by atoms with Crippen molar-refractivity contribution >= 4 is 21.4 Å². The number of benzene rings is 1. The fraction of sp³-hybridized carbons (Fsp3) is 0.333. The van der Waals surface area contributed by atoms with Crippen LogP contribution in [-0.2, 0) is 10.0 Å². The summed E-state index contributed by atoms with van der Waals surface area (Å²) in [5.41, 5.74) is 0. The van der Waals surface area contributed by atoms with E-state index in [1.165, 1.54) is 15.6 Å². The summed E-state index contributed by atoms with van der Waals surface area (Å²) < 4.78 is 38.0. The van der Waals surface area contributed by atoms with E-state index in [9.17, 15) is 8.42 Å². The molecule has 3 heterocycles. The highest BCUT2D eigenvalue weighted by Crippen LogP contribution is 2.31. The minimum absolute atomic E-state index is 0.104. The minimum atomic E-state index is -3.57. The van der Waals surface area contributed by atoms with Crippen LogP contribution in [0.5, 0.6) is 5.75 Å². The predicted molar refractivity (Wildman–Crippen MR) is 101 cm³/mol. The first-order valence-corrected chi connectivity index (χ1v) is 10.9. The molecule has 0 unspecified atom stereocenters. The van der Waals surface area contributed by atoms with E-state index >= 15 is 0 Å². The van der Waals surface area contributed by atoms with Crippen molar-refractivity contribution in [2.75, 3.05) is 20.2 Å². The Bertz CT molecular complexity index is 998. The van der Waals surface area contributed by atoms with E-state index < -0.39 is 10.0 Å². The minimum Gasteiger partial charge on any atom is -0.497 e. The van der Waals surface area contributed by atoms with Crippen molar-refractivity contribution < 1.29 is 17.7 Å². The van der Waals surface area contributed by atoms with Gasteiger partial charge < -0.3 is 9.26 Å². The number of hydrogen-bond acceptors (Lipinski definition) is 7. The van der Waals surface area contributed by atoms with Gasteiger partial charge in [-0.15, -0.1) is 11.3 Å². The number of thiophene rings is 1. The predicted octanol–water partition coefficient (Wildman–Crippen LogP) is 3.38. The van der Waals surface area contributed by atoms with Crippen LogP contribution in [0.25, 0.3) is 10.7 Å². The zero-order valence-electron chi connectivity index (χ0n) is 14.7. The summed E-state index contributed by atoms with van der Waals surface area (Å²) >= 11 is 1.54. The summed E-state index contributed by atoms with van der Waals surface area (Å²) in [6, 6.07) is 10.3. The normalized spacial score (nSPS) is 18.5. The van der Waals surface area contributed by atoms with Gasteiger partial charge in [0.05, 0.1) is 22.8 Å². The van der Waals surface area contributed by atoms with Gasteiger partial charge in [0.15, 0.2) is 0 Å². The number of ether oxygens (including phenoxy) is 1. The number of methoxy groups -OCH3 is 1. The van der Waals surface area contributed by atoms with Gasteiger partial charge in [-0.25, -0.2) is 8.42 Å². The molecule has 1 atom stereocenters. The molecule has 0 amide bonds. The standard InChI is InChI=1S/C18H19N3O4S2/c1-24-14-6-8-15(9-7-14)27(22,23)21-10-2-4-13(12-21)18-19-17(20-25-18)16-5-3-11-26-16/h3,5-9,11,13H,2,4,10,12H2,1H3/t13-/m1/s1. The van der Waals surface area contributed by atoms with Crippen LogP contribution in [0.4, 0.5) is 0 Å². The molecule has 0 spiro atoms. The Morgan fingerprint density at radius 1 is 1.26 bits per heavy atom. The summed E-state index contributed by atoms with van der Waals surface area (Å²) in [4.78, 5) is 5.67. The summed E-state index contributed by atoms with van der Waals surface area (Å²) in [5.74, 6) is 1.56. The summed E-state index contributed by atoms with van der Waals surface area (Å²) in [6.45, 7) is 0.817. The molecule has 1 aromatic carbocycles. The van der Waals surface area contributed by atoms with Crippen molar-refractivity contribution in [2.24, 2.45) is 0 Å². The molecule has 0 aliphatic carbocycles. The molecule has 1 aliphatic rings. The number of nitrogens with zero attached hydrogens (tertiary/aromatic N) is 3. The average Bonchev–Trinajstić information content (AvgIpc) is 3.40. The molecule has 1 aliphatic heterocycles. The molecule has 1 saturated heterocycles. The van der Waals surface area contributed by atoms with Crippen LogP contribution in [-0.4, -0.2) is 43.1 Å². The lowest BCUT2D eigenvalue weighted by Gasteiger charge is -2.30. The number of piperidine rings is 1. The third-order valence-electron chi connectivity index (χ3n) is 4.61. The smallest absolute Gasteiger partial charge is 0.243 e. The van der Waals surface area contributed by atoms with Crippen LogP contribution in [0.1, 0.15) is 24.7 Å². The van der Waals surface area contributed by atoms with Crippen LogP contribution in [0.15, 0.2) is 51.2 Å². The maximum atomic E-state index is 13.0. The Hall–Kier alpha value is -2.23. The largest absolute Gasteiger partial charge is 0.497 e. The van der Waals surface area contributed by atoms with Crippen LogP contribution >= 0.6 is 11.3 Å². The van der Waals surface area contributed by atoms with Gasteiger partial charge in [0.25, 0.3) is 0 Å². The molecule has 0 bridgehead atoms. The summed E-state index contributed by atoms with van der Waals surface area (Å²) in [6.07, 6.45) is 1.57. The average molecular weight is 406 g/mol. The number of aromatic nitrogens is 2. The first-order chi connectivity index (χ1) is 13.1. The molecule has 7 nitrogen and oxygen atoms in total. The van der Waals surface area contributed by atoms with Crippen LogP contribution in [0, 0.1) is 0 Å². The van der Waals surface area contributed by atoms with Crippen molar-refractivity contribution in [2.45, 2.75) is 23.7 Å². The highest BCUT2D eigenvalue weighted by molar-refractivity contribution is 7.89. The quantitative estimate of drug-likeness (QED) is 0.647. The molecular weight excluding hydrogens is 386 g/mol. The first-order valence-electron chi connectivity index (χ1n) is 8.59. The van der Waals surface area contributed by atoms with Crippen LogP contribution in [0.2, 0.25) is 0 Å². The van der Waals surface area contributed by atoms with E-state index in [-0.39, 0.29) is 10.8 Å². The van der Waals surface area contributed by atoms with E-state index in [1.54, 1.807) is 31.4 Å². The van der Waals surface area contributed by atoms with Gasteiger partial charge >= 0.3 is 0 Å². The second-order valence-electron chi connectivity index (χ2n) is 6.31. The number of sulfonamides is 1. The van der Waals surface area contributed by atoms with Crippen molar-refractivity contribution in [1.82, 2.24) is 14.4 Å². The van der Waals surface area contributed by atoms with Gasteiger partial charge in [-0.2, -0.15) is 9.29 Å². The maximum absolute atomic E-state index is 13.0. The monoisotopic (exact) mass is 405 g/mol. The van der Waals surface area contributed by atoms with Crippen LogP contribution in [0.3, 0.4) is 0 Å². The first kappa shape index (κ1) is 18.1. The number of rotatable bonds is 5. The zero-order valence-corrected chi connectivity index (χ0v) is 16.4. The van der Waals surface area contributed by atoms with Gasteiger partial charge in [0.2, 0.25) is 21.7 Å². The maximum Gasteiger partial charge on any atom is 0.243 e. The van der Waals surface area contributed by atoms with Gasteiger partial charge in [-0.05, 0) is 48.6 Å². The Kier molecular flexibility index (Phi) is 4.98. The molecule has 3 aromatic rings. The molecule has 1 fully saturated rings. The molecule has 0 radical (unpaired) electrons. The van der Waals surface area contributed by atoms with Crippen molar-refractivity contribution in [3.8, 4) is 16.5 Å². The van der Waals surface area contributed by atoms with Crippen molar-refractivity contribution in [3.63, 3.8) is 0 Å². The molecule has 2 aromatic heterocycles. The molecule has 0 N–H and O–H groups in total. The second-order valence-corrected chi connectivity index (χ2v) is 9.20. The molecule has 4 rings (SSSR count). The third-order valence-corrected chi connectivity index (χ3v) is 7.36. The van der Waals surface area contributed by atoms with E-state index in [4.69, 9.17) is 9.26 Å². The van der Waals surface area contributed by atoms with E-state index in [1.807, 2.05) is 17.5 Å². The Labute approximate surface area is 161 Å². The molecule has 0 saturated carbocycles. The zero-order chi connectivity index (χ0) is 18.9. The molecular formula is C18H19N3O4S2. The van der Waals surface area contributed by atoms with E-state index in [2.05, 4.69) is 10.1 Å². The highest BCUT2D eigenvalue weighted by Gasteiger charge is 2.33. The lowest BCUT2D eigenvalue weighted by molar-refractivity contribution is 0.265. The van der Waals surface area contributed by atoms with E-state index in [0.29, 0.717) is 30.6 Å². The highest BCUT2D eigenvalue weighted by atomic mass is 32.2. The van der Waals surface area contributed by atoms with Crippen LogP contribution < -0.4 is 4.74 Å². The number of hydrogen-bond donors (Lipinski definition) is 0. The molecule has 27 heavy (non-hydrogen) atoms. The SMILES string of the molecule is COc1ccc(S(=O)(=O)N2CCC[C@@H](c3nc(-c4cccs4)no3)C2)cc1. The Balaban J connectivity index is 1.53. The Morgan fingerprint density at radius 2 is 2.07 bits per heavy atom. The van der Waals surface area contributed by atoms with E-state index in [0.717, 1.165) is 17.7 Å². The topological polar surface area (TPSA) is 85.5 Å². The molecule has 9 heteroatoms. The van der Waals surface area contributed by atoms with Crippen molar-refractivity contribution in [1.29, 1.82) is 0 Å². The lowest BCUT2D eigenvalue weighted by Crippen LogP contribution is -2.39. The fourth-order valence-corrected chi connectivity index (χ4v) is 5.34. The lowest BCUT2D eigenvalue weighted by atomic mass is 10.00. The fourth-order valence-electron chi connectivity index (χ4n) is 3.17. The summed E-state index contributed by atoms with van der Waals surface area (Å²) in [5, 5.41) is 5.99. The van der Waals surface area contributed by atoms with Gasteiger partial charge in [-0.1, -0.05) is 11.2 Å². The van der Waals surface area contributed by atoms with Gasteiger partial charge in [0.1, 0.15) is 5.75 Å². The Morgan fingerprint density at radius 3 is 2.78 bits per heavy atom. The molecule has 142 valence electrons. The van der Waals surface area contributed by atoms with Gasteiger partial charge in [-0.3, -0.25) is 0 Å². The van der Waals surface area contributed by atoms with Crippen molar-refractivity contribution in [3.05, 3.63) is 47.7 Å². The summed E-state index contributed by atoms with van der Waals surface area (Å²) in [7, 11) is -2.03. The second kappa shape index (κ2) is 7.41. The third kappa shape index (κ3) is 3.62.